The molecule has 1 aromatic carbocycles. The van der Waals surface area contributed by atoms with Crippen molar-refractivity contribution in [2.24, 2.45) is 5.92 Å². The van der Waals surface area contributed by atoms with E-state index in [4.69, 9.17) is 23.7 Å². The summed E-state index contributed by atoms with van der Waals surface area (Å²) in [5, 5.41) is 13.8. The zero-order valence-electron chi connectivity index (χ0n) is 23.6. The van der Waals surface area contributed by atoms with Crippen LogP contribution in [0.2, 0.25) is 0 Å². The molecule has 4 aliphatic rings. The van der Waals surface area contributed by atoms with E-state index in [0.717, 1.165) is 25.8 Å². The number of nitrogens with one attached hydrogen (secondary N) is 1. The molecule has 0 spiro atoms. The average molecular weight is 594 g/mol. The summed E-state index contributed by atoms with van der Waals surface area (Å²) in [4.78, 5) is 14.9. The van der Waals surface area contributed by atoms with Gasteiger partial charge in [-0.2, -0.15) is 4.31 Å². The molecule has 3 saturated heterocycles. The largest absolute Gasteiger partial charge is 0.497 e. The summed E-state index contributed by atoms with van der Waals surface area (Å²) >= 11 is 0. The topological polar surface area (TPSA) is 136 Å². The van der Waals surface area contributed by atoms with Crippen LogP contribution in [-0.4, -0.2) is 120 Å². The van der Waals surface area contributed by atoms with Crippen LogP contribution in [0.15, 0.2) is 35.2 Å². The van der Waals surface area contributed by atoms with Gasteiger partial charge in [0.05, 0.1) is 39.0 Å². The fourth-order valence-corrected chi connectivity index (χ4v) is 7.47. The molecule has 226 valence electrons. The first-order chi connectivity index (χ1) is 19.8. The number of sulfonamides is 1. The van der Waals surface area contributed by atoms with Crippen molar-refractivity contribution in [3.63, 3.8) is 0 Å². The first-order valence-electron chi connectivity index (χ1n) is 14.3. The van der Waals surface area contributed by atoms with Crippen LogP contribution in [0.25, 0.3) is 0 Å². The summed E-state index contributed by atoms with van der Waals surface area (Å²) in [6.45, 7) is 2.68. The lowest BCUT2D eigenvalue weighted by atomic mass is 9.91. The molecule has 0 bridgehead atoms. The smallest absolute Gasteiger partial charge is 0.407 e. The number of benzene rings is 1. The predicted octanol–water partition coefficient (Wildman–Crippen LogP) is 0.297. The first kappa shape index (κ1) is 30.1. The highest BCUT2D eigenvalue weighted by Gasteiger charge is 2.44. The molecule has 1 amide bonds. The Bertz CT molecular complexity index is 1200. The van der Waals surface area contributed by atoms with Crippen molar-refractivity contribution >= 4 is 24.0 Å². The fraction of sp³-hybridized carbons (Fsp3) is 0.667. The standard InChI is InChI=1S/C27H40BN3O9S/c1-36-19-7-8-24-22(14-19)37-12-4-2-3-10-30-11-5-6-18(30)15-31(41(24,34)35)16-21(32)25(28)29-27(33)40-23-17-39-26-20(23)9-13-38-26/h2-3,7-8,14,18,20-21,23,25-26,32H,4-6,9-13,15-17,28H2,1H3,(H,29,33)/b3-2+/t18-,20-,21+,23-,25+,26+/m0/s1. The second-order valence-corrected chi connectivity index (χ2v) is 12.9. The summed E-state index contributed by atoms with van der Waals surface area (Å²) < 4.78 is 57.4. The Hall–Kier alpha value is -2.36. The number of ether oxygens (including phenoxy) is 5. The van der Waals surface area contributed by atoms with Crippen molar-refractivity contribution in [2.45, 2.75) is 61.1 Å². The Balaban J connectivity index is 1.33. The molecule has 12 nitrogen and oxygen atoms in total. The Morgan fingerprint density at radius 2 is 2.10 bits per heavy atom. The van der Waals surface area contributed by atoms with Gasteiger partial charge in [-0.3, -0.25) is 4.90 Å². The zero-order valence-corrected chi connectivity index (χ0v) is 24.5. The van der Waals surface area contributed by atoms with Crippen molar-refractivity contribution in [1.82, 2.24) is 14.5 Å². The molecule has 5 rings (SSSR count). The molecule has 0 aromatic heterocycles. The second-order valence-electron chi connectivity index (χ2n) is 11.0. The zero-order chi connectivity index (χ0) is 29.0. The van der Waals surface area contributed by atoms with Gasteiger partial charge in [-0.05, 0) is 44.4 Å². The normalized spacial score (nSPS) is 30.7. The second kappa shape index (κ2) is 13.3. The van der Waals surface area contributed by atoms with Crippen LogP contribution in [0.5, 0.6) is 11.5 Å². The number of hydrogen-bond acceptors (Lipinski definition) is 10. The Labute approximate surface area is 242 Å². The van der Waals surface area contributed by atoms with Crippen LogP contribution >= 0.6 is 0 Å². The molecule has 4 aliphatic heterocycles. The third kappa shape index (κ3) is 7.00. The van der Waals surface area contributed by atoms with Gasteiger partial charge < -0.3 is 34.1 Å². The maximum atomic E-state index is 14.2. The number of fused-ring (bicyclic) bond motifs is 3. The Kier molecular flexibility index (Phi) is 9.77. The lowest BCUT2D eigenvalue weighted by Gasteiger charge is -2.32. The summed E-state index contributed by atoms with van der Waals surface area (Å²) in [5.74, 6) is -0.119. The third-order valence-corrected chi connectivity index (χ3v) is 10.2. The summed E-state index contributed by atoms with van der Waals surface area (Å²) in [6.07, 6.45) is 4.67. The van der Waals surface area contributed by atoms with Gasteiger partial charge in [0, 0.05) is 37.7 Å². The number of carbonyl (C=O) groups excluding carboxylic acids is 1. The molecule has 0 unspecified atom stereocenters. The minimum absolute atomic E-state index is 0.00728. The minimum Gasteiger partial charge on any atom is -0.497 e. The van der Waals surface area contributed by atoms with Gasteiger partial charge in [-0.25, -0.2) is 13.2 Å². The van der Waals surface area contributed by atoms with E-state index < -0.39 is 34.3 Å². The highest BCUT2D eigenvalue weighted by atomic mass is 32.2. The van der Waals surface area contributed by atoms with Crippen molar-refractivity contribution in [3.05, 3.63) is 30.4 Å². The number of aliphatic hydroxyl groups is 1. The molecule has 0 aliphatic carbocycles. The molecule has 2 N–H and O–H groups in total. The van der Waals surface area contributed by atoms with Crippen molar-refractivity contribution in [3.8, 4) is 11.5 Å². The van der Waals surface area contributed by atoms with E-state index in [0.29, 0.717) is 31.9 Å². The summed E-state index contributed by atoms with van der Waals surface area (Å²) in [6, 6.07) is 4.62. The molecule has 14 heteroatoms. The van der Waals surface area contributed by atoms with E-state index in [1.807, 2.05) is 6.08 Å². The van der Waals surface area contributed by atoms with Crippen LogP contribution < -0.4 is 14.8 Å². The lowest BCUT2D eigenvalue weighted by molar-refractivity contribution is -0.0907. The monoisotopic (exact) mass is 593 g/mol. The van der Waals surface area contributed by atoms with Crippen molar-refractivity contribution < 1.29 is 42.0 Å². The molecule has 6 atom stereocenters. The Morgan fingerprint density at radius 3 is 2.93 bits per heavy atom. The first-order valence-corrected chi connectivity index (χ1v) is 15.8. The molecule has 0 saturated carbocycles. The molecule has 3 fully saturated rings. The number of amides is 1. The number of nitrogens with zero attached hydrogens (tertiary/aromatic N) is 2. The number of β-amino-alcohol motifs (C(OH)–C–C–N with tert-alkyl or cyclic N) is 1. The van der Waals surface area contributed by atoms with E-state index in [-0.39, 0.29) is 48.6 Å². The van der Waals surface area contributed by atoms with Gasteiger partial charge >= 0.3 is 6.09 Å². The van der Waals surface area contributed by atoms with Gasteiger partial charge in [-0.15, -0.1) is 0 Å². The van der Waals surface area contributed by atoms with E-state index in [2.05, 4.69) is 16.3 Å². The number of carbonyl (C=O) groups is 1. The number of rotatable bonds is 6. The summed E-state index contributed by atoms with van der Waals surface area (Å²) in [7, 11) is -0.966. The van der Waals surface area contributed by atoms with Crippen molar-refractivity contribution in [1.29, 1.82) is 0 Å². The molecule has 4 heterocycles. The van der Waals surface area contributed by atoms with Crippen LogP contribution in [0.1, 0.15) is 25.7 Å². The molecular weight excluding hydrogens is 553 g/mol. The van der Waals surface area contributed by atoms with E-state index >= 15 is 0 Å². The van der Waals surface area contributed by atoms with Gasteiger partial charge in [0.25, 0.3) is 0 Å². The maximum Gasteiger partial charge on any atom is 0.407 e. The van der Waals surface area contributed by atoms with Crippen LogP contribution in [0, 0.1) is 5.92 Å². The van der Waals surface area contributed by atoms with Gasteiger partial charge in [0.2, 0.25) is 10.0 Å². The highest BCUT2D eigenvalue weighted by Crippen LogP contribution is 2.34. The predicted molar refractivity (Wildman–Crippen MR) is 151 cm³/mol. The van der Waals surface area contributed by atoms with Crippen molar-refractivity contribution in [2.75, 3.05) is 53.1 Å². The maximum absolute atomic E-state index is 14.2. The lowest BCUT2D eigenvalue weighted by Crippen LogP contribution is -2.52. The quantitative estimate of drug-likeness (QED) is 0.350. The molecule has 1 aromatic rings. The molecular formula is C27H40BN3O9S. The van der Waals surface area contributed by atoms with Crippen LogP contribution in [-0.2, 0) is 24.2 Å². The number of alkyl carbamates (subject to hydrolysis) is 1. The number of hydrogen-bond donors (Lipinski definition) is 2. The SMILES string of the molecule is B[C@H](NC(=O)O[C@H]1CO[C@H]2OCC[C@H]21)[C@H](O)CN1C[C@@H]2CCCN2C/C=C/CCOc2cc(OC)ccc2S1(=O)=O. The van der Waals surface area contributed by atoms with Crippen LogP contribution in [0.4, 0.5) is 4.79 Å². The van der Waals surface area contributed by atoms with E-state index in [1.165, 1.54) is 17.5 Å². The van der Waals surface area contributed by atoms with Gasteiger partial charge in [-0.1, -0.05) is 12.2 Å². The number of methoxy groups -OCH3 is 1. The number of aliphatic hydroxyl groups excluding tert-OH is 1. The van der Waals surface area contributed by atoms with E-state index in [1.54, 1.807) is 20.0 Å². The van der Waals surface area contributed by atoms with Gasteiger partial charge in [0.15, 0.2) is 6.29 Å². The molecule has 41 heavy (non-hydrogen) atoms. The summed E-state index contributed by atoms with van der Waals surface area (Å²) in [5.41, 5.74) is 0. The fourth-order valence-electron chi connectivity index (χ4n) is 5.86. The van der Waals surface area contributed by atoms with E-state index in [9.17, 15) is 18.3 Å². The van der Waals surface area contributed by atoms with Crippen LogP contribution in [0.3, 0.4) is 0 Å². The third-order valence-electron chi connectivity index (χ3n) is 8.29. The Morgan fingerprint density at radius 1 is 1.24 bits per heavy atom. The highest BCUT2D eigenvalue weighted by molar-refractivity contribution is 7.89. The van der Waals surface area contributed by atoms with Gasteiger partial charge in [0.1, 0.15) is 30.3 Å². The molecule has 0 radical (unpaired) electrons. The minimum atomic E-state index is -4.10. The average Bonchev–Trinajstić information content (AvgIpc) is 3.68.